The summed E-state index contributed by atoms with van der Waals surface area (Å²) in [6, 6.07) is 1.40. The largest absolute Gasteiger partial charge is 0.391 e. The third-order valence-electron chi connectivity index (χ3n) is 3.05. The third-order valence-corrected chi connectivity index (χ3v) is 4.59. The molecular formula is C13H19F2NO3S. The Kier molecular flexibility index (Phi) is 6.04. The van der Waals surface area contributed by atoms with Crippen LogP contribution in [0.25, 0.3) is 0 Å². The Bertz CT molecular complexity index is 561. The van der Waals surface area contributed by atoms with Crippen molar-refractivity contribution >= 4 is 10.0 Å². The number of benzene rings is 1. The molecule has 0 bridgehead atoms. The van der Waals surface area contributed by atoms with E-state index in [4.69, 9.17) is 5.11 Å². The van der Waals surface area contributed by atoms with Crippen LogP contribution < -0.4 is 4.72 Å². The summed E-state index contributed by atoms with van der Waals surface area (Å²) >= 11 is 0. The molecule has 0 aromatic heterocycles. The molecule has 1 aromatic carbocycles. The molecule has 0 radical (unpaired) electrons. The van der Waals surface area contributed by atoms with E-state index < -0.39 is 38.7 Å². The van der Waals surface area contributed by atoms with Crippen molar-refractivity contribution < 1.29 is 22.3 Å². The van der Waals surface area contributed by atoms with E-state index >= 15 is 0 Å². The van der Waals surface area contributed by atoms with Crippen molar-refractivity contribution in [1.29, 1.82) is 0 Å². The first-order chi connectivity index (χ1) is 9.37. The van der Waals surface area contributed by atoms with Gasteiger partial charge < -0.3 is 5.11 Å². The minimum absolute atomic E-state index is 0.299. The molecule has 0 heterocycles. The third kappa shape index (κ3) is 3.74. The van der Waals surface area contributed by atoms with E-state index in [1.807, 2.05) is 13.8 Å². The Morgan fingerprint density at radius 2 is 1.95 bits per heavy atom. The summed E-state index contributed by atoms with van der Waals surface area (Å²) in [5.74, 6) is -2.21. The second kappa shape index (κ2) is 7.10. The lowest BCUT2D eigenvalue weighted by molar-refractivity contribution is 0.267. The van der Waals surface area contributed by atoms with Gasteiger partial charge in [0.1, 0.15) is 10.7 Å². The zero-order chi connectivity index (χ0) is 15.3. The molecule has 114 valence electrons. The SMILES string of the molecule is CCCC(CC)NS(=O)(=O)c1ccc(F)c(CO)c1F. The standard InChI is InChI=1S/C13H19F2NO3S/c1-3-5-9(4-2)16-20(18,19)12-7-6-11(14)10(8-17)13(12)15/h6-7,9,16-17H,3-5,8H2,1-2H3. The van der Waals surface area contributed by atoms with Crippen LogP contribution >= 0.6 is 0 Å². The van der Waals surface area contributed by atoms with Crippen molar-refractivity contribution in [1.82, 2.24) is 4.72 Å². The zero-order valence-electron chi connectivity index (χ0n) is 11.5. The zero-order valence-corrected chi connectivity index (χ0v) is 12.3. The highest BCUT2D eigenvalue weighted by Gasteiger charge is 2.25. The Morgan fingerprint density at radius 1 is 1.30 bits per heavy atom. The lowest BCUT2D eigenvalue weighted by Crippen LogP contribution is -2.35. The van der Waals surface area contributed by atoms with Crippen molar-refractivity contribution in [2.45, 2.75) is 50.7 Å². The van der Waals surface area contributed by atoms with Gasteiger partial charge in [0.25, 0.3) is 0 Å². The minimum Gasteiger partial charge on any atom is -0.391 e. The molecule has 0 spiro atoms. The smallest absolute Gasteiger partial charge is 0.243 e. The van der Waals surface area contributed by atoms with Crippen molar-refractivity contribution in [2.75, 3.05) is 0 Å². The Hall–Kier alpha value is -1.05. The maximum Gasteiger partial charge on any atom is 0.243 e. The number of halogens is 2. The maximum absolute atomic E-state index is 14.0. The van der Waals surface area contributed by atoms with E-state index in [2.05, 4.69) is 4.72 Å². The monoisotopic (exact) mass is 307 g/mol. The number of hydrogen-bond acceptors (Lipinski definition) is 3. The predicted octanol–water partition coefficient (Wildman–Crippen LogP) is 2.31. The number of hydrogen-bond donors (Lipinski definition) is 2. The van der Waals surface area contributed by atoms with Gasteiger partial charge in [-0.1, -0.05) is 20.3 Å². The molecule has 1 atom stereocenters. The second-order valence-corrected chi connectivity index (χ2v) is 6.19. The number of aliphatic hydroxyl groups is 1. The molecule has 4 nitrogen and oxygen atoms in total. The molecule has 0 fully saturated rings. The average molecular weight is 307 g/mol. The number of rotatable bonds is 7. The van der Waals surface area contributed by atoms with Gasteiger partial charge in [0, 0.05) is 6.04 Å². The summed E-state index contributed by atoms with van der Waals surface area (Å²) < 4.78 is 53.8. The number of sulfonamides is 1. The van der Waals surface area contributed by atoms with E-state index in [0.29, 0.717) is 12.8 Å². The first-order valence-electron chi connectivity index (χ1n) is 6.47. The van der Waals surface area contributed by atoms with Crippen molar-refractivity contribution in [3.63, 3.8) is 0 Å². The van der Waals surface area contributed by atoms with Crippen LogP contribution in [0.5, 0.6) is 0 Å². The van der Waals surface area contributed by atoms with Crippen LogP contribution in [0.4, 0.5) is 8.78 Å². The maximum atomic E-state index is 14.0. The lowest BCUT2D eigenvalue weighted by atomic mass is 10.1. The molecule has 1 rings (SSSR count). The topological polar surface area (TPSA) is 66.4 Å². The molecule has 20 heavy (non-hydrogen) atoms. The van der Waals surface area contributed by atoms with Gasteiger partial charge in [-0.3, -0.25) is 0 Å². The van der Waals surface area contributed by atoms with Crippen LogP contribution in [0.15, 0.2) is 17.0 Å². The fraction of sp³-hybridized carbons (Fsp3) is 0.538. The Morgan fingerprint density at radius 3 is 2.45 bits per heavy atom. The van der Waals surface area contributed by atoms with Crippen LogP contribution in [0.2, 0.25) is 0 Å². The molecule has 1 unspecified atom stereocenters. The first-order valence-corrected chi connectivity index (χ1v) is 7.95. The highest BCUT2D eigenvalue weighted by atomic mass is 32.2. The van der Waals surface area contributed by atoms with E-state index in [1.165, 1.54) is 0 Å². The highest BCUT2D eigenvalue weighted by molar-refractivity contribution is 7.89. The van der Waals surface area contributed by atoms with Crippen molar-refractivity contribution in [3.05, 3.63) is 29.3 Å². The van der Waals surface area contributed by atoms with E-state index in [9.17, 15) is 17.2 Å². The van der Waals surface area contributed by atoms with Crippen molar-refractivity contribution in [3.8, 4) is 0 Å². The van der Waals surface area contributed by atoms with E-state index in [1.54, 1.807) is 0 Å². The van der Waals surface area contributed by atoms with Crippen molar-refractivity contribution in [2.24, 2.45) is 0 Å². The van der Waals surface area contributed by atoms with Gasteiger partial charge in [-0.15, -0.1) is 0 Å². The summed E-state index contributed by atoms with van der Waals surface area (Å²) in [7, 11) is -4.08. The second-order valence-electron chi connectivity index (χ2n) is 4.51. The summed E-state index contributed by atoms with van der Waals surface area (Å²) in [5.41, 5.74) is -0.642. The molecule has 0 aliphatic heterocycles. The fourth-order valence-electron chi connectivity index (χ4n) is 1.91. The van der Waals surface area contributed by atoms with E-state index in [0.717, 1.165) is 18.6 Å². The molecule has 0 saturated carbocycles. The summed E-state index contributed by atoms with van der Waals surface area (Å²) in [6.07, 6.45) is 1.99. The molecule has 1 aromatic rings. The number of nitrogens with one attached hydrogen (secondary N) is 1. The summed E-state index contributed by atoms with van der Waals surface area (Å²) in [5, 5.41) is 8.91. The molecule has 7 heteroatoms. The molecular weight excluding hydrogens is 288 g/mol. The Labute approximate surface area is 117 Å². The van der Waals surface area contributed by atoms with Gasteiger partial charge in [-0.25, -0.2) is 21.9 Å². The van der Waals surface area contributed by atoms with Gasteiger partial charge in [0.2, 0.25) is 10.0 Å². The van der Waals surface area contributed by atoms with Crippen LogP contribution in [-0.2, 0) is 16.6 Å². The van der Waals surface area contributed by atoms with Gasteiger partial charge in [0.05, 0.1) is 12.2 Å². The summed E-state index contributed by atoms with van der Waals surface area (Å²) in [6.45, 7) is 2.84. The quantitative estimate of drug-likeness (QED) is 0.812. The lowest BCUT2D eigenvalue weighted by Gasteiger charge is -2.17. The first kappa shape index (κ1) is 17.0. The fourth-order valence-corrected chi connectivity index (χ4v) is 3.36. The normalized spacial score (nSPS) is 13.4. The average Bonchev–Trinajstić information content (AvgIpc) is 2.38. The molecule has 0 aliphatic rings. The van der Waals surface area contributed by atoms with Crippen LogP contribution in [0.3, 0.4) is 0 Å². The molecule has 0 saturated heterocycles. The molecule has 0 amide bonds. The van der Waals surface area contributed by atoms with Gasteiger partial charge in [-0.05, 0) is 25.0 Å². The highest BCUT2D eigenvalue weighted by Crippen LogP contribution is 2.21. The van der Waals surface area contributed by atoms with Crippen LogP contribution in [0.1, 0.15) is 38.7 Å². The Balaban J connectivity index is 3.16. The molecule has 2 N–H and O–H groups in total. The minimum atomic E-state index is -4.08. The number of aliphatic hydroxyl groups excluding tert-OH is 1. The van der Waals surface area contributed by atoms with Crippen LogP contribution in [0, 0.1) is 11.6 Å². The predicted molar refractivity (Wildman–Crippen MR) is 71.6 cm³/mol. The summed E-state index contributed by atoms with van der Waals surface area (Å²) in [4.78, 5) is -0.641. The molecule has 0 aliphatic carbocycles. The van der Waals surface area contributed by atoms with Gasteiger partial charge in [-0.2, -0.15) is 0 Å². The van der Waals surface area contributed by atoms with Gasteiger partial charge in [0.15, 0.2) is 5.82 Å². The van der Waals surface area contributed by atoms with Crippen LogP contribution in [-0.4, -0.2) is 19.6 Å². The van der Waals surface area contributed by atoms with E-state index in [-0.39, 0.29) is 6.04 Å². The van der Waals surface area contributed by atoms with Gasteiger partial charge >= 0.3 is 0 Å².